The van der Waals surface area contributed by atoms with Gasteiger partial charge in [-0.15, -0.1) is 10.2 Å². The van der Waals surface area contributed by atoms with Crippen molar-refractivity contribution >= 4 is 39.8 Å². The summed E-state index contributed by atoms with van der Waals surface area (Å²) in [6, 6.07) is 14.8. The molecule has 2 aliphatic rings. The number of Topliss-reactive ketones (excluding diaryl/α,β-unsaturated/α-hetero) is 2. The van der Waals surface area contributed by atoms with Crippen LogP contribution in [0.2, 0.25) is 0 Å². The van der Waals surface area contributed by atoms with Crippen LogP contribution in [0.3, 0.4) is 0 Å². The van der Waals surface area contributed by atoms with Crippen LogP contribution in [-0.4, -0.2) is 48.8 Å². The number of rotatable bonds is 9. The Morgan fingerprint density at radius 3 is 2.46 bits per heavy atom. The molecule has 0 bridgehead atoms. The molecule has 0 spiro atoms. The molecule has 10 nitrogen and oxygen atoms in total. The molecular weight excluding hydrogens is 562 g/mol. The average molecular weight is 590 g/mol. The lowest BCUT2D eigenvalue weighted by Gasteiger charge is -2.38. The van der Waals surface area contributed by atoms with E-state index in [-0.39, 0.29) is 28.7 Å². The minimum Gasteiger partial charge on any atom is -0.493 e. The molecule has 41 heavy (non-hydrogen) atoms. The number of nitriles is 1. The number of anilines is 1. The van der Waals surface area contributed by atoms with Crippen molar-refractivity contribution in [2.24, 2.45) is 5.73 Å². The van der Waals surface area contributed by atoms with Gasteiger partial charge < -0.3 is 19.9 Å². The lowest BCUT2D eigenvalue weighted by molar-refractivity contribution is -0.116. The zero-order valence-corrected chi connectivity index (χ0v) is 24.3. The standard InChI is InChI=1S/C29H27N5O5S2/c1-37-22-12-17(13-23(38-2)26(22)39-3)24-18(14-30)27(31)34(19-10-7-11-20(35)25(19)24)28-32-33-29(41-28)40-15-21(36)16-8-5-4-6-9-16/h4-6,8-9,12-13,24H,7,10-11,15,31H2,1-3H3. The van der Waals surface area contributed by atoms with Gasteiger partial charge in [-0.2, -0.15) is 5.26 Å². The van der Waals surface area contributed by atoms with E-state index in [9.17, 15) is 14.9 Å². The van der Waals surface area contributed by atoms with Crippen LogP contribution in [-0.2, 0) is 4.79 Å². The number of benzene rings is 2. The minimum atomic E-state index is -0.724. The molecule has 3 aromatic rings. The van der Waals surface area contributed by atoms with Crippen LogP contribution in [0.25, 0.3) is 0 Å². The number of hydrogen-bond donors (Lipinski definition) is 1. The number of aromatic nitrogens is 2. The summed E-state index contributed by atoms with van der Waals surface area (Å²) in [7, 11) is 4.52. The monoisotopic (exact) mass is 589 g/mol. The van der Waals surface area contributed by atoms with Gasteiger partial charge in [-0.05, 0) is 30.5 Å². The second-order valence-electron chi connectivity index (χ2n) is 9.20. The van der Waals surface area contributed by atoms with Gasteiger partial charge in [0.1, 0.15) is 5.82 Å². The predicted molar refractivity (Wildman–Crippen MR) is 155 cm³/mol. The Morgan fingerprint density at radius 1 is 1.12 bits per heavy atom. The molecule has 0 saturated carbocycles. The van der Waals surface area contributed by atoms with E-state index in [1.807, 2.05) is 18.2 Å². The Labute approximate surface area is 245 Å². The van der Waals surface area contributed by atoms with Crippen LogP contribution in [0.1, 0.15) is 41.1 Å². The maximum absolute atomic E-state index is 13.5. The molecule has 1 atom stereocenters. The normalized spacial score (nSPS) is 16.8. The Balaban J connectivity index is 1.54. The number of ketones is 2. The first kappa shape index (κ1) is 28.2. The zero-order valence-electron chi connectivity index (χ0n) is 22.7. The fraction of sp³-hybridized carbons (Fsp3) is 0.276. The van der Waals surface area contributed by atoms with Crippen molar-refractivity contribution in [3.63, 3.8) is 0 Å². The molecule has 5 rings (SSSR count). The summed E-state index contributed by atoms with van der Waals surface area (Å²) in [5, 5.41) is 19.4. The van der Waals surface area contributed by atoms with Crippen molar-refractivity contribution in [3.8, 4) is 23.3 Å². The van der Waals surface area contributed by atoms with Crippen LogP contribution < -0.4 is 24.8 Å². The summed E-state index contributed by atoms with van der Waals surface area (Å²) in [5.74, 6) is 0.771. The fourth-order valence-corrected chi connectivity index (χ4v) is 6.87. The van der Waals surface area contributed by atoms with E-state index in [1.54, 1.807) is 29.2 Å². The van der Waals surface area contributed by atoms with Crippen molar-refractivity contribution in [2.45, 2.75) is 29.5 Å². The Morgan fingerprint density at radius 2 is 1.83 bits per heavy atom. The van der Waals surface area contributed by atoms with Gasteiger partial charge in [0.25, 0.3) is 0 Å². The first-order valence-corrected chi connectivity index (χ1v) is 14.5. The Hall–Kier alpha value is -4.34. The molecule has 210 valence electrons. The van der Waals surface area contributed by atoms with Crippen molar-refractivity contribution < 1.29 is 23.8 Å². The van der Waals surface area contributed by atoms with Crippen molar-refractivity contribution in [1.29, 1.82) is 5.26 Å². The van der Waals surface area contributed by atoms with Gasteiger partial charge in [-0.1, -0.05) is 53.4 Å². The van der Waals surface area contributed by atoms with E-state index >= 15 is 0 Å². The SMILES string of the molecule is COc1cc(C2C(C#N)=C(N)N(c3nnc(SCC(=O)c4ccccc4)s3)C3=C2C(=O)CCC3)cc(OC)c1OC. The molecule has 0 radical (unpaired) electrons. The average Bonchev–Trinajstić information content (AvgIpc) is 3.47. The number of carbonyl (C=O) groups is 2. The molecule has 1 unspecified atom stereocenters. The Bertz CT molecular complexity index is 1580. The molecule has 0 saturated heterocycles. The predicted octanol–water partition coefficient (Wildman–Crippen LogP) is 4.84. The molecule has 1 aliphatic carbocycles. The van der Waals surface area contributed by atoms with Gasteiger partial charge in [0.15, 0.2) is 27.4 Å². The third-order valence-electron chi connectivity index (χ3n) is 6.94. The third-order valence-corrected chi connectivity index (χ3v) is 8.99. The summed E-state index contributed by atoms with van der Waals surface area (Å²) in [5.41, 5.74) is 9.30. The van der Waals surface area contributed by atoms with E-state index in [0.717, 1.165) is 0 Å². The van der Waals surface area contributed by atoms with E-state index < -0.39 is 5.92 Å². The van der Waals surface area contributed by atoms with Gasteiger partial charge in [0.2, 0.25) is 10.9 Å². The van der Waals surface area contributed by atoms with Crippen LogP contribution in [0.4, 0.5) is 5.13 Å². The van der Waals surface area contributed by atoms with E-state index in [4.69, 9.17) is 19.9 Å². The van der Waals surface area contributed by atoms with Gasteiger partial charge >= 0.3 is 0 Å². The number of allylic oxidation sites excluding steroid dienone is 3. The maximum Gasteiger partial charge on any atom is 0.219 e. The molecular formula is C29H27N5O5S2. The molecule has 2 heterocycles. The molecule has 1 aromatic heterocycles. The van der Waals surface area contributed by atoms with Gasteiger partial charge in [-0.25, -0.2) is 0 Å². The lowest BCUT2D eigenvalue weighted by atomic mass is 9.75. The van der Waals surface area contributed by atoms with Crippen LogP contribution >= 0.6 is 23.1 Å². The fourth-order valence-electron chi connectivity index (χ4n) is 5.09. The molecule has 2 aromatic carbocycles. The topological polar surface area (TPSA) is 141 Å². The van der Waals surface area contributed by atoms with Crippen molar-refractivity contribution in [1.82, 2.24) is 10.2 Å². The highest BCUT2D eigenvalue weighted by Gasteiger charge is 2.42. The van der Waals surface area contributed by atoms with Crippen LogP contribution in [0.5, 0.6) is 17.2 Å². The summed E-state index contributed by atoms with van der Waals surface area (Å²) < 4.78 is 17.1. The molecule has 0 fully saturated rings. The first-order valence-electron chi connectivity index (χ1n) is 12.7. The second kappa shape index (κ2) is 12.0. The van der Waals surface area contributed by atoms with Gasteiger partial charge in [0.05, 0.1) is 44.6 Å². The largest absolute Gasteiger partial charge is 0.493 e. The van der Waals surface area contributed by atoms with Crippen LogP contribution in [0, 0.1) is 11.3 Å². The number of thioether (sulfide) groups is 1. The van der Waals surface area contributed by atoms with Gasteiger partial charge in [-0.3, -0.25) is 14.5 Å². The number of hydrogen-bond acceptors (Lipinski definition) is 12. The molecule has 2 N–H and O–H groups in total. The number of ether oxygens (including phenoxy) is 3. The molecule has 0 amide bonds. The highest BCUT2D eigenvalue weighted by molar-refractivity contribution is 8.01. The van der Waals surface area contributed by atoms with E-state index in [1.165, 1.54) is 44.4 Å². The second-order valence-corrected chi connectivity index (χ2v) is 11.4. The maximum atomic E-state index is 13.5. The molecule has 12 heteroatoms. The number of methoxy groups -OCH3 is 3. The minimum absolute atomic E-state index is 0.0208. The summed E-state index contributed by atoms with van der Waals surface area (Å²) in [4.78, 5) is 27.7. The summed E-state index contributed by atoms with van der Waals surface area (Å²) in [6.07, 6.45) is 1.55. The number of nitrogens with zero attached hydrogens (tertiary/aromatic N) is 4. The van der Waals surface area contributed by atoms with Gasteiger partial charge in [0, 0.05) is 23.3 Å². The highest BCUT2D eigenvalue weighted by atomic mass is 32.2. The van der Waals surface area contributed by atoms with Crippen molar-refractivity contribution in [3.05, 3.63) is 76.3 Å². The third kappa shape index (κ3) is 5.26. The zero-order chi connectivity index (χ0) is 29.1. The van der Waals surface area contributed by atoms with E-state index in [0.29, 0.717) is 68.4 Å². The molecule has 1 aliphatic heterocycles. The summed E-state index contributed by atoms with van der Waals surface area (Å²) >= 11 is 2.53. The Kier molecular flexibility index (Phi) is 8.28. The smallest absolute Gasteiger partial charge is 0.219 e. The number of carbonyl (C=O) groups excluding carboxylic acids is 2. The number of nitrogens with two attached hydrogens (primary N) is 1. The van der Waals surface area contributed by atoms with Crippen molar-refractivity contribution in [2.75, 3.05) is 32.0 Å². The highest BCUT2D eigenvalue weighted by Crippen LogP contribution is 2.50. The quantitative estimate of drug-likeness (QED) is 0.271. The van der Waals surface area contributed by atoms with Crippen LogP contribution in [0.15, 0.2) is 69.5 Å². The summed E-state index contributed by atoms with van der Waals surface area (Å²) in [6.45, 7) is 0. The first-order chi connectivity index (χ1) is 19.9. The van der Waals surface area contributed by atoms with E-state index in [2.05, 4.69) is 16.3 Å². The lowest BCUT2D eigenvalue weighted by Crippen LogP contribution is -2.38.